The Bertz CT molecular complexity index is 714. The molecular formula is C15H19ClN6O. The molecule has 0 aliphatic carbocycles. The molecule has 3 rings (SSSR count). The van der Waals surface area contributed by atoms with Crippen molar-refractivity contribution >= 4 is 17.5 Å². The number of hydrogen-bond acceptors (Lipinski definition) is 5. The summed E-state index contributed by atoms with van der Waals surface area (Å²) in [6.45, 7) is 5.41. The van der Waals surface area contributed by atoms with Crippen molar-refractivity contribution in [3.63, 3.8) is 0 Å². The maximum atomic E-state index is 12.3. The number of aromatic amines is 1. The van der Waals surface area contributed by atoms with E-state index in [-0.39, 0.29) is 11.2 Å². The maximum Gasteiger partial charge on any atom is 0.242 e. The predicted molar refractivity (Wildman–Crippen MR) is 84.5 cm³/mol. The molecular weight excluding hydrogens is 316 g/mol. The lowest BCUT2D eigenvalue weighted by molar-refractivity contribution is -0.131. The normalized spacial score (nSPS) is 13.7. The Hall–Kier alpha value is -2.02. The molecule has 2 aromatic rings. The quantitative estimate of drug-likeness (QED) is 0.902. The number of hydrogen-bond donors (Lipinski definition) is 1. The zero-order valence-electron chi connectivity index (χ0n) is 13.2. The second kappa shape index (κ2) is 6.62. The molecule has 122 valence electrons. The molecule has 0 bridgehead atoms. The highest BCUT2D eigenvalue weighted by Crippen LogP contribution is 2.21. The molecule has 8 heteroatoms. The summed E-state index contributed by atoms with van der Waals surface area (Å²) < 4.78 is 0. The van der Waals surface area contributed by atoms with E-state index >= 15 is 0 Å². The summed E-state index contributed by atoms with van der Waals surface area (Å²) in [5, 5.41) is 6.63. The molecule has 0 atom stereocenters. The number of fused-ring (bicyclic) bond motifs is 1. The molecule has 0 fully saturated rings. The van der Waals surface area contributed by atoms with Gasteiger partial charge in [-0.25, -0.2) is 15.0 Å². The third kappa shape index (κ3) is 3.85. The Labute approximate surface area is 139 Å². The Morgan fingerprint density at radius 3 is 2.91 bits per heavy atom. The highest BCUT2D eigenvalue weighted by atomic mass is 35.5. The van der Waals surface area contributed by atoms with Gasteiger partial charge in [-0.15, -0.1) is 5.10 Å². The van der Waals surface area contributed by atoms with Gasteiger partial charge < -0.3 is 4.90 Å². The van der Waals surface area contributed by atoms with Crippen LogP contribution in [0.3, 0.4) is 0 Å². The zero-order chi connectivity index (χ0) is 16.4. The lowest BCUT2D eigenvalue weighted by Crippen LogP contribution is -2.25. The number of nitrogens with zero attached hydrogens (tertiary/aromatic N) is 5. The van der Waals surface area contributed by atoms with Crippen LogP contribution in [0.25, 0.3) is 0 Å². The number of rotatable bonds is 5. The van der Waals surface area contributed by atoms with Gasteiger partial charge in [-0.3, -0.25) is 9.89 Å². The van der Waals surface area contributed by atoms with Gasteiger partial charge in [-0.05, 0) is 17.5 Å². The highest BCUT2D eigenvalue weighted by Gasteiger charge is 2.25. The summed E-state index contributed by atoms with van der Waals surface area (Å²) in [6.07, 6.45) is 3.57. The van der Waals surface area contributed by atoms with E-state index in [0.29, 0.717) is 37.7 Å². The van der Waals surface area contributed by atoms with Gasteiger partial charge in [-0.1, -0.05) is 13.8 Å². The summed E-state index contributed by atoms with van der Waals surface area (Å²) in [6, 6.07) is 0. The standard InChI is InChI=1S/C15H19ClN6O/c1-9(2)5-13-17-6-10-7-22(8-11(10)18-13)14(23)4-3-12-19-15(16)21-20-12/h6,9H,3-5,7-8H2,1-2H3,(H,19,20,21). The molecule has 23 heavy (non-hydrogen) atoms. The van der Waals surface area contributed by atoms with Crippen molar-refractivity contribution in [3.05, 3.63) is 34.4 Å². The number of halogens is 1. The van der Waals surface area contributed by atoms with Crippen LogP contribution in [-0.2, 0) is 30.7 Å². The number of carbonyl (C=O) groups is 1. The van der Waals surface area contributed by atoms with Crippen LogP contribution < -0.4 is 0 Å². The van der Waals surface area contributed by atoms with E-state index < -0.39 is 0 Å². The van der Waals surface area contributed by atoms with Gasteiger partial charge in [0.05, 0.1) is 12.2 Å². The SMILES string of the molecule is CC(C)Cc1ncc2c(n1)CN(C(=O)CCc1nc(Cl)n[nH]1)C2. The van der Waals surface area contributed by atoms with Gasteiger partial charge in [0.2, 0.25) is 11.2 Å². The van der Waals surface area contributed by atoms with E-state index in [0.717, 1.165) is 23.5 Å². The number of aromatic nitrogens is 5. The predicted octanol–water partition coefficient (Wildman–Crippen LogP) is 1.92. The molecule has 0 saturated heterocycles. The van der Waals surface area contributed by atoms with E-state index in [1.54, 1.807) is 4.90 Å². The van der Waals surface area contributed by atoms with Gasteiger partial charge in [-0.2, -0.15) is 0 Å². The molecule has 0 aromatic carbocycles. The zero-order valence-corrected chi connectivity index (χ0v) is 14.0. The van der Waals surface area contributed by atoms with Crippen molar-refractivity contribution in [1.29, 1.82) is 0 Å². The Balaban J connectivity index is 1.59. The van der Waals surface area contributed by atoms with Crippen LogP contribution in [0.15, 0.2) is 6.20 Å². The minimum Gasteiger partial charge on any atom is -0.332 e. The Morgan fingerprint density at radius 1 is 1.39 bits per heavy atom. The molecule has 7 nitrogen and oxygen atoms in total. The first kappa shape index (κ1) is 15.9. The molecule has 1 N–H and O–H groups in total. The van der Waals surface area contributed by atoms with Gasteiger partial charge >= 0.3 is 0 Å². The highest BCUT2D eigenvalue weighted by molar-refractivity contribution is 6.28. The van der Waals surface area contributed by atoms with Crippen LogP contribution in [0.1, 0.15) is 43.2 Å². The maximum absolute atomic E-state index is 12.3. The van der Waals surface area contributed by atoms with Gasteiger partial charge in [0, 0.05) is 37.6 Å². The minimum atomic E-state index is 0.0703. The fourth-order valence-corrected chi connectivity index (χ4v) is 2.75. The van der Waals surface area contributed by atoms with E-state index in [1.165, 1.54) is 0 Å². The number of H-pyrrole nitrogens is 1. The molecule has 0 unspecified atom stereocenters. The molecule has 1 aliphatic rings. The number of amides is 1. The second-order valence-corrected chi connectivity index (χ2v) is 6.50. The van der Waals surface area contributed by atoms with Crippen LogP contribution in [0.4, 0.5) is 0 Å². The summed E-state index contributed by atoms with van der Waals surface area (Å²) >= 11 is 5.65. The molecule has 0 radical (unpaired) electrons. The van der Waals surface area contributed by atoms with Crippen molar-refractivity contribution < 1.29 is 4.79 Å². The van der Waals surface area contributed by atoms with Gasteiger partial charge in [0.15, 0.2) is 0 Å². The van der Waals surface area contributed by atoms with Crippen LogP contribution in [0.5, 0.6) is 0 Å². The summed E-state index contributed by atoms with van der Waals surface area (Å²) in [7, 11) is 0. The first-order valence-electron chi connectivity index (χ1n) is 7.69. The average molecular weight is 335 g/mol. The third-order valence-corrected chi connectivity index (χ3v) is 3.90. The molecule has 1 aliphatic heterocycles. The Morgan fingerprint density at radius 2 is 2.22 bits per heavy atom. The Kier molecular flexibility index (Phi) is 4.56. The largest absolute Gasteiger partial charge is 0.332 e. The van der Waals surface area contributed by atoms with E-state index in [1.807, 2.05) is 6.20 Å². The van der Waals surface area contributed by atoms with E-state index in [9.17, 15) is 4.79 Å². The van der Waals surface area contributed by atoms with Crippen molar-refractivity contribution in [1.82, 2.24) is 30.0 Å². The average Bonchev–Trinajstić information content (AvgIpc) is 3.09. The van der Waals surface area contributed by atoms with E-state index in [4.69, 9.17) is 11.6 Å². The summed E-state index contributed by atoms with van der Waals surface area (Å²) in [5.41, 5.74) is 2.00. The van der Waals surface area contributed by atoms with Gasteiger partial charge in [0.25, 0.3) is 0 Å². The fourth-order valence-electron chi connectivity index (χ4n) is 2.60. The van der Waals surface area contributed by atoms with Gasteiger partial charge in [0.1, 0.15) is 11.6 Å². The van der Waals surface area contributed by atoms with Crippen LogP contribution in [0.2, 0.25) is 5.28 Å². The monoisotopic (exact) mass is 334 g/mol. The topological polar surface area (TPSA) is 87.7 Å². The smallest absolute Gasteiger partial charge is 0.242 e. The van der Waals surface area contributed by atoms with Crippen LogP contribution in [-0.4, -0.2) is 36.0 Å². The van der Waals surface area contributed by atoms with Crippen LogP contribution >= 0.6 is 11.6 Å². The third-order valence-electron chi connectivity index (χ3n) is 3.73. The second-order valence-electron chi connectivity index (χ2n) is 6.16. The lowest BCUT2D eigenvalue weighted by Gasteiger charge is -2.14. The molecule has 2 aromatic heterocycles. The lowest BCUT2D eigenvalue weighted by atomic mass is 10.1. The van der Waals surface area contributed by atoms with E-state index in [2.05, 4.69) is 39.0 Å². The van der Waals surface area contributed by atoms with Crippen LogP contribution in [0, 0.1) is 5.92 Å². The summed E-state index contributed by atoms with van der Waals surface area (Å²) in [5.74, 6) is 2.06. The van der Waals surface area contributed by atoms with Crippen molar-refractivity contribution in [2.75, 3.05) is 0 Å². The van der Waals surface area contributed by atoms with Crippen molar-refractivity contribution in [3.8, 4) is 0 Å². The first-order chi connectivity index (χ1) is 11.0. The number of nitrogens with one attached hydrogen (secondary N) is 1. The number of carbonyl (C=O) groups excluding carboxylic acids is 1. The molecule has 0 spiro atoms. The molecule has 0 saturated carbocycles. The van der Waals surface area contributed by atoms with Crippen molar-refractivity contribution in [2.45, 2.75) is 46.2 Å². The number of aryl methyl sites for hydroxylation is 1. The molecule has 1 amide bonds. The summed E-state index contributed by atoms with van der Waals surface area (Å²) in [4.78, 5) is 27.1. The first-order valence-corrected chi connectivity index (χ1v) is 8.07. The fraction of sp³-hybridized carbons (Fsp3) is 0.533. The minimum absolute atomic E-state index is 0.0703. The van der Waals surface area contributed by atoms with Crippen molar-refractivity contribution in [2.24, 2.45) is 5.92 Å². The molecule has 3 heterocycles.